The number of amides is 2. The van der Waals surface area contributed by atoms with Crippen LogP contribution < -0.4 is 10.6 Å². The Morgan fingerprint density at radius 3 is 2.58 bits per heavy atom. The van der Waals surface area contributed by atoms with Gasteiger partial charge in [0.1, 0.15) is 0 Å². The molecule has 0 saturated carbocycles. The third-order valence-electron chi connectivity index (χ3n) is 3.14. The molecule has 0 spiro atoms. The highest BCUT2D eigenvalue weighted by Gasteiger charge is 2.33. The lowest BCUT2D eigenvalue weighted by molar-refractivity contribution is -0.139. The van der Waals surface area contributed by atoms with E-state index in [2.05, 4.69) is 15.6 Å². The lowest BCUT2D eigenvalue weighted by Crippen LogP contribution is -2.35. The predicted molar refractivity (Wildman–Crippen MR) is 80.9 cm³/mol. The van der Waals surface area contributed by atoms with Crippen molar-refractivity contribution in [2.24, 2.45) is 0 Å². The van der Waals surface area contributed by atoms with Crippen LogP contribution in [0.15, 0.2) is 42.7 Å². The number of nitrogens with one attached hydrogen (secondary N) is 2. The maximum Gasteiger partial charge on any atom is 0.418 e. The van der Waals surface area contributed by atoms with E-state index in [1.54, 1.807) is 18.2 Å². The maximum absolute atomic E-state index is 12.8. The molecule has 1 heterocycles. The van der Waals surface area contributed by atoms with Crippen LogP contribution in [-0.2, 0) is 22.3 Å². The molecule has 0 bridgehead atoms. The molecule has 1 aromatic carbocycles. The molecule has 0 aliphatic heterocycles. The van der Waals surface area contributed by atoms with Crippen LogP contribution in [0.25, 0.3) is 0 Å². The smallest absolute Gasteiger partial charge is 0.344 e. The normalized spacial score (nSPS) is 11.0. The monoisotopic (exact) mass is 337 g/mol. The molecule has 0 fully saturated rings. The number of carbonyl (C=O) groups excluding carboxylic acids is 2. The van der Waals surface area contributed by atoms with E-state index in [0.29, 0.717) is 11.9 Å². The first-order valence-electron chi connectivity index (χ1n) is 6.93. The molecular formula is C16H14F3N3O2. The molecule has 1 aromatic heterocycles. The van der Waals surface area contributed by atoms with Crippen LogP contribution in [0.1, 0.15) is 16.7 Å². The SMILES string of the molecule is Cc1cccc(NC(=O)C(=O)NCc2ccncc2C(F)(F)F)c1. The Kier molecular flexibility index (Phi) is 5.18. The second kappa shape index (κ2) is 7.12. The topological polar surface area (TPSA) is 71.1 Å². The van der Waals surface area contributed by atoms with Crippen LogP contribution in [0.3, 0.4) is 0 Å². The molecule has 0 aliphatic carbocycles. The summed E-state index contributed by atoms with van der Waals surface area (Å²) in [5, 5.41) is 4.55. The third-order valence-corrected chi connectivity index (χ3v) is 3.14. The summed E-state index contributed by atoms with van der Waals surface area (Å²) < 4.78 is 38.5. The van der Waals surface area contributed by atoms with E-state index in [1.807, 2.05) is 13.0 Å². The summed E-state index contributed by atoms with van der Waals surface area (Å²) >= 11 is 0. The van der Waals surface area contributed by atoms with Crippen LogP contribution >= 0.6 is 0 Å². The third kappa shape index (κ3) is 4.55. The highest BCUT2D eigenvalue weighted by Crippen LogP contribution is 2.31. The van der Waals surface area contributed by atoms with Crippen LogP contribution in [0.4, 0.5) is 18.9 Å². The summed E-state index contributed by atoms with van der Waals surface area (Å²) in [5.41, 5.74) is 0.188. The van der Waals surface area contributed by atoms with Crippen LogP contribution in [0, 0.1) is 6.92 Å². The van der Waals surface area contributed by atoms with Crippen molar-refractivity contribution in [1.82, 2.24) is 10.3 Å². The van der Waals surface area contributed by atoms with Gasteiger partial charge >= 0.3 is 18.0 Å². The second-order valence-corrected chi connectivity index (χ2v) is 5.04. The summed E-state index contributed by atoms with van der Waals surface area (Å²) in [7, 11) is 0. The van der Waals surface area contributed by atoms with Crippen molar-refractivity contribution in [2.75, 3.05) is 5.32 Å². The van der Waals surface area contributed by atoms with E-state index in [4.69, 9.17) is 0 Å². The van der Waals surface area contributed by atoms with Gasteiger partial charge in [-0.05, 0) is 36.2 Å². The van der Waals surface area contributed by atoms with Crippen molar-refractivity contribution < 1.29 is 22.8 Å². The van der Waals surface area contributed by atoms with E-state index >= 15 is 0 Å². The number of pyridine rings is 1. The number of hydrogen-bond donors (Lipinski definition) is 2. The second-order valence-electron chi connectivity index (χ2n) is 5.04. The predicted octanol–water partition coefficient (Wildman–Crippen LogP) is 2.66. The Hall–Kier alpha value is -2.90. The molecule has 24 heavy (non-hydrogen) atoms. The van der Waals surface area contributed by atoms with Gasteiger partial charge in [-0.1, -0.05) is 12.1 Å². The van der Waals surface area contributed by atoms with Gasteiger partial charge in [-0.2, -0.15) is 13.2 Å². The Bertz CT molecular complexity index is 760. The van der Waals surface area contributed by atoms with Crippen LogP contribution in [0.5, 0.6) is 0 Å². The van der Waals surface area contributed by atoms with Crippen molar-refractivity contribution in [3.05, 3.63) is 59.4 Å². The zero-order chi connectivity index (χ0) is 17.7. The molecule has 2 amide bonds. The number of anilines is 1. The van der Waals surface area contributed by atoms with E-state index in [0.717, 1.165) is 11.6 Å². The minimum atomic E-state index is -4.59. The molecule has 5 nitrogen and oxygen atoms in total. The molecule has 126 valence electrons. The van der Waals surface area contributed by atoms with E-state index in [-0.39, 0.29) is 5.56 Å². The van der Waals surface area contributed by atoms with E-state index in [9.17, 15) is 22.8 Å². The Balaban J connectivity index is 2.00. The van der Waals surface area contributed by atoms with Gasteiger partial charge < -0.3 is 10.6 Å². The van der Waals surface area contributed by atoms with E-state index in [1.165, 1.54) is 6.20 Å². The number of rotatable bonds is 3. The lowest BCUT2D eigenvalue weighted by Gasteiger charge is -2.12. The Morgan fingerprint density at radius 1 is 1.17 bits per heavy atom. The maximum atomic E-state index is 12.8. The van der Waals surface area contributed by atoms with Gasteiger partial charge in [0.25, 0.3) is 0 Å². The largest absolute Gasteiger partial charge is 0.418 e. The number of aryl methyl sites for hydroxylation is 1. The highest BCUT2D eigenvalue weighted by atomic mass is 19.4. The van der Waals surface area contributed by atoms with Gasteiger partial charge in [0.05, 0.1) is 5.56 Å². The fraction of sp³-hybridized carbons (Fsp3) is 0.188. The molecule has 0 atom stereocenters. The van der Waals surface area contributed by atoms with Gasteiger partial charge in [-0.25, -0.2) is 0 Å². The summed E-state index contributed by atoms with van der Waals surface area (Å²) in [6.45, 7) is 1.38. The van der Waals surface area contributed by atoms with Crippen LogP contribution in [0.2, 0.25) is 0 Å². The number of aromatic nitrogens is 1. The summed E-state index contributed by atoms with van der Waals surface area (Å²) in [5.74, 6) is -1.98. The highest BCUT2D eigenvalue weighted by molar-refractivity contribution is 6.39. The average molecular weight is 337 g/mol. The molecular weight excluding hydrogens is 323 g/mol. The van der Waals surface area contributed by atoms with Gasteiger partial charge in [-0.3, -0.25) is 14.6 Å². The molecule has 0 aliphatic rings. The van der Waals surface area contributed by atoms with Crippen molar-refractivity contribution in [1.29, 1.82) is 0 Å². The number of hydrogen-bond acceptors (Lipinski definition) is 3. The fourth-order valence-corrected chi connectivity index (χ4v) is 2.00. The molecule has 0 saturated heterocycles. The molecule has 2 rings (SSSR count). The first kappa shape index (κ1) is 17.5. The molecule has 8 heteroatoms. The summed E-state index contributed by atoms with van der Waals surface area (Å²) in [6, 6.07) is 7.92. The average Bonchev–Trinajstić information content (AvgIpc) is 2.52. The minimum Gasteiger partial charge on any atom is -0.344 e. The molecule has 0 radical (unpaired) electrons. The van der Waals surface area contributed by atoms with E-state index < -0.39 is 30.1 Å². The van der Waals surface area contributed by atoms with Crippen molar-refractivity contribution in [3.8, 4) is 0 Å². The molecule has 2 aromatic rings. The summed E-state index contributed by atoms with van der Waals surface area (Å²) in [6.07, 6.45) is -2.73. The van der Waals surface area contributed by atoms with Gasteiger partial charge in [0, 0.05) is 24.6 Å². The van der Waals surface area contributed by atoms with Crippen LogP contribution in [-0.4, -0.2) is 16.8 Å². The molecule has 2 N–H and O–H groups in total. The van der Waals surface area contributed by atoms with Gasteiger partial charge in [0.2, 0.25) is 0 Å². The first-order valence-corrected chi connectivity index (χ1v) is 6.93. The zero-order valence-corrected chi connectivity index (χ0v) is 12.6. The number of alkyl halides is 3. The Morgan fingerprint density at radius 2 is 1.92 bits per heavy atom. The number of carbonyl (C=O) groups is 2. The fourth-order valence-electron chi connectivity index (χ4n) is 2.00. The van der Waals surface area contributed by atoms with Crippen molar-refractivity contribution in [3.63, 3.8) is 0 Å². The Labute approximate surface area is 135 Å². The van der Waals surface area contributed by atoms with Crippen molar-refractivity contribution >= 4 is 17.5 Å². The standard InChI is InChI=1S/C16H14F3N3O2/c1-10-3-2-4-12(7-10)22-15(24)14(23)21-8-11-5-6-20-9-13(11)16(17,18)19/h2-7,9H,8H2,1H3,(H,21,23)(H,22,24). The number of halogens is 3. The lowest BCUT2D eigenvalue weighted by atomic mass is 10.1. The first-order chi connectivity index (χ1) is 11.3. The minimum absolute atomic E-state index is 0.172. The van der Waals surface area contributed by atoms with Gasteiger partial charge in [0.15, 0.2) is 0 Å². The zero-order valence-electron chi connectivity index (χ0n) is 12.6. The van der Waals surface area contributed by atoms with Crippen molar-refractivity contribution in [2.45, 2.75) is 19.6 Å². The number of nitrogens with zero attached hydrogens (tertiary/aromatic N) is 1. The summed E-state index contributed by atoms with van der Waals surface area (Å²) in [4.78, 5) is 26.9. The number of benzene rings is 1. The van der Waals surface area contributed by atoms with Gasteiger partial charge in [-0.15, -0.1) is 0 Å². The molecule has 0 unspecified atom stereocenters. The quantitative estimate of drug-likeness (QED) is 0.846.